The molecule has 1 aliphatic heterocycles. The minimum Gasteiger partial charge on any atom is -0.352 e. The van der Waals surface area contributed by atoms with Crippen molar-refractivity contribution in [3.8, 4) is 0 Å². The van der Waals surface area contributed by atoms with Crippen LogP contribution in [0.3, 0.4) is 0 Å². The first-order chi connectivity index (χ1) is 11.7. The summed E-state index contributed by atoms with van der Waals surface area (Å²) in [5.41, 5.74) is 8.89. The number of hydrogen-bond acceptors (Lipinski definition) is 3. The first-order valence-corrected chi connectivity index (χ1v) is 9.55. The molecule has 0 spiro atoms. The average molecular weight is 327 g/mol. The highest BCUT2D eigenvalue weighted by molar-refractivity contribution is 5.80. The van der Waals surface area contributed by atoms with Crippen molar-refractivity contribution < 1.29 is 4.79 Å². The Bertz CT molecular complexity index is 594. The molecule has 130 valence electrons. The van der Waals surface area contributed by atoms with E-state index >= 15 is 0 Å². The molecule has 0 aromatic heterocycles. The second kappa shape index (κ2) is 6.85. The van der Waals surface area contributed by atoms with Gasteiger partial charge >= 0.3 is 0 Å². The highest BCUT2D eigenvalue weighted by Gasteiger charge is 2.48. The minimum atomic E-state index is 0.0366. The molecule has 4 atom stereocenters. The number of likely N-dealkylation sites (tertiary alicyclic amines) is 1. The van der Waals surface area contributed by atoms with Gasteiger partial charge in [-0.2, -0.15) is 0 Å². The van der Waals surface area contributed by atoms with Crippen LogP contribution < -0.4 is 11.1 Å². The Kier molecular flexibility index (Phi) is 4.59. The molecular weight excluding hydrogens is 298 g/mol. The Labute approximate surface area is 144 Å². The number of hydrogen-bond donors (Lipinski definition) is 2. The van der Waals surface area contributed by atoms with Crippen LogP contribution in [0.25, 0.3) is 0 Å². The number of amides is 1. The maximum absolute atomic E-state index is 12.7. The van der Waals surface area contributed by atoms with E-state index < -0.39 is 0 Å². The number of carbonyl (C=O) groups is 1. The van der Waals surface area contributed by atoms with Gasteiger partial charge in [-0.1, -0.05) is 24.3 Å². The summed E-state index contributed by atoms with van der Waals surface area (Å²) < 4.78 is 0. The van der Waals surface area contributed by atoms with Crippen LogP contribution in [0.15, 0.2) is 24.3 Å². The van der Waals surface area contributed by atoms with Crippen LogP contribution in [0.5, 0.6) is 0 Å². The molecule has 4 heteroatoms. The number of rotatable bonds is 5. The predicted molar refractivity (Wildman–Crippen MR) is 95.1 cm³/mol. The molecule has 3 N–H and O–H groups in total. The van der Waals surface area contributed by atoms with Crippen molar-refractivity contribution >= 4 is 5.91 Å². The summed E-state index contributed by atoms with van der Waals surface area (Å²) in [5, 5.41) is 3.18. The van der Waals surface area contributed by atoms with Gasteiger partial charge in [-0.15, -0.1) is 0 Å². The molecular formula is C20H29N3O. The first-order valence-electron chi connectivity index (χ1n) is 9.55. The van der Waals surface area contributed by atoms with Gasteiger partial charge in [0.15, 0.2) is 0 Å². The van der Waals surface area contributed by atoms with Crippen molar-refractivity contribution in [1.29, 1.82) is 0 Å². The quantitative estimate of drug-likeness (QED) is 0.872. The SMILES string of the molecule is NC1C2CCC(C2)C1C(=O)NCc1ccccc1CN1CCCC1. The minimum absolute atomic E-state index is 0.0366. The van der Waals surface area contributed by atoms with E-state index in [-0.39, 0.29) is 17.9 Å². The third-order valence-electron chi connectivity index (χ3n) is 6.45. The highest BCUT2D eigenvalue weighted by Crippen LogP contribution is 2.47. The Balaban J connectivity index is 1.38. The molecule has 4 rings (SSSR count). The van der Waals surface area contributed by atoms with E-state index in [2.05, 4.69) is 34.5 Å². The van der Waals surface area contributed by atoms with Gasteiger partial charge in [0.05, 0.1) is 5.92 Å². The molecule has 4 nitrogen and oxygen atoms in total. The Morgan fingerprint density at radius 3 is 2.54 bits per heavy atom. The fourth-order valence-corrected chi connectivity index (χ4v) is 5.09. The molecule has 3 fully saturated rings. The maximum atomic E-state index is 12.7. The van der Waals surface area contributed by atoms with E-state index in [1.54, 1.807) is 0 Å². The van der Waals surface area contributed by atoms with Crippen molar-refractivity contribution in [1.82, 2.24) is 10.2 Å². The van der Waals surface area contributed by atoms with Crippen LogP contribution in [-0.4, -0.2) is 29.9 Å². The van der Waals surface area contributed by atoms with Crippen LogP contribution in [0.2, 0.25) is 0 Å². The van der Waals surface area contributed by atoms with E-state index in [1.807, 2.05) is 0 Å². The Morgan fingerprint density at radius 1 is 1.12 bits per heavy atom. The van der Waals surface area contributed by atoms with E-state index in [4.69, 9.17) is 5.73 Å². The molecule has 2 saturated carbocycles. The molecule has 1 heterocycles. The van der Waals surface area contributed by atoms with E-state index in [1.165, 1.54) is 49.9 Å². The lowest BCUT2D eigenvalue weighted by molar-refractivity contribution is -0.127. The second-order valence-electron chi connectivity index (χ2n) is 7.91. The number of carbonyl (C=O) groups excluding carboxylic acids is 1. The lowest BCUT2D eigenvalue weighted by atomic mass is 9.84. The second-order valence-corrected chi connectivity index (χ2v) is 7.91. The molecule has 1 aromatic rings. The highest BCUT2D eigenvalue weighted by atomic mass is 16.1. The first kappa shape index (κ1) is 16.1. The van der Waals surface area contributed by atoms with Gasteiger partial charge in [0, 0.05) is 19.1 Å². The van der Waals surface area contributed by atoms with Crippen molar-refractivity contribution in [3.05, 3.63) is 35.4 Å². The number of nitrogens with two attached hydrogens (primary N) is 1. The van der Waals surface area contributed by atoms with Crippen LogP contribution in [0.1, 0.15) is 43.2 Å². The Hall–Kier alpha value is -1.39. The summed E-state index contributed by atoms with van der Waals surface area (Å²) in [7, 11) is 0. The van der Waals surface area contributed by atoms with Gasteiger partial charge in [0.1, 0.15) is 0 Å². The monoisotopic (exact) mass is 327 g/mol. The van der Waals surface area contributed by atoms with Crippen molar-refractivity contribution in [2.75, 3.05) is 13.1 Å². The molecule has 1 aromatic carbocycles. The molecule has 1 saturated heterocycles. The van der Waals surface area contributed by atoms with Crippen LogP contribution in [0, 0.1) is 17.8 Å². The fourth-order valence-electron chi connectivity index (χ4n) is 5.09. The van der Waals surface area contributed by atoms with Crippen LogP contribution in [0.4, 0.5) is 0 Å². The molecule has 24 heavy (non-hydrogen) atoms. The molecule has 2 bridgehead atoms. The van der Waals surface area contributed by atoms with Crippen LogP contribution >= 0.6 is 0 Å². The normalized spacial score (nSPS) is 32.4. The van der Waals surface area contributed by atoms with E-state index in [0.29, 0.717) is 18.4 Å². The van der Waals surface area contributed by atoms with Gasteiger partial charge in [-0.05, 0) is 68.2 Å². The molecule has 2 aliphatic carbocycles. The summed E-state index contributed by atoms with van der Waals surface area (Å²) in [6.45, 7) is 4.02. The maximum Gasteiger partial charge on any atom is 0.225 e. The predicted octanol–water partition coefficient (Wildman–Crippen LogP) is 2.27. The van der Waals surface area contributed by atoms with E-state index in [9.17, 15) is 4.79 Å². The number of nitrogens with zero attached hydrogens (tertiary/aromatic N) is 1. The summed E-state index contributed by atoms with van der Waals surface area (Å²) in [6, 6.07) is 8.58. The topological polar surface area (TPSA) is 58.4 Å². The molecule has 1 amide bonds. The zero-order valence-electron chi connectivity index (χ0n) is 14.4. The van der Waals surface area contributed by atoms with Gasteiger partial charge in [-0.25, -0.2) is 0 Å². The molecule has 0 radical (unpaired) electrons. The Morgan fingerprint density at radius 2 is 1.83 bits per heavy atom. The fraction of sp³-hybridized carbons (Fsp3) is 0.650. The largest absolute Gasteiger partial charge is 0.352 e. The van der Waals surface area contributed by atoms with Crippen molar-refractivity contribution in [2.24, 2.45) is 23.5 Å². The summed E-state index contributed by atoms with van der Waals surface area (Å²) in [4.78, 5) is 15.2. The smallest absolute Gasteiger partial charge is 0.225 e. The average Bonchev–Trinajstić information content (AvgIpc) is 3.31. The summed E-state index contributed by atoms with van der Waals surface area (Å²) in [6.07, 6.45) is 6.17. The zero-order valence-corrected chi connectivity index (χ0v) is 14.4. The summed E-state index contributed by atoms with van der Waals surface area (Å²) >= 11 is 0. The lowest BCUT2D eigenvalue weighted by Gasteiger charge is -2.27. The number of fused-ring (bicyclic) bond motifs is 2. The van der Waals surface area contributed by atoms with Gasteiger partial charge in [0.25, 0.3) is 0 Å². The molecule has 4 unspecified atom stereocenters. The standard InChI is InChI=1S/C20H29N3O/c21-19-15-8-7-14(11-15)18(19)20(24)22-12-16-5-1-2-6-17(16)13-23-9-3-4-10-23/h1-2,5-6,14-15,18-19H,3-4,7-13,21H2,(H,22,24). The zero-order chi connectivity index (χ0) is 16.5. The van der Waals surface area contributed by atoms with Gasteiger partial charge in [0.2, 0.25) is 5.91 Å². The third kappa shape index (κ3) is 3.09. The van der Waals surface area contributed by atoms with Crippen molar-refractivity contribution in [3.63, 3.8) is 0 Å². The van der Waals surface area contributed by atoms with Gasteiger partial charge < -0.3 is 11.1 Å². The lowest BCUT2D eigenvalue weighted by Crippen LogP contribution is -2.45. The van der Waals surface area contributed by atoms with Gasteiger partial charge in [-0.3, -0.25) is 9.69 Å². The molecule has 3 aliphatic rings. The summed E-state index contributed by atoms with van der Waals surface area (Å²) in [5.74, 6) is 1.30. The van der Waals surface area contributed by atoms with Crippen molar-refractivity contribution in [2.45, 2.75) is 51.2 Å². The van der Waals surface area contributed by atoms with E-state index in [0.717, 1.165) is 13.0 Å². The third-order valence-corrected chi connectivity index (χ3v) is 6.45. The number of benzene rings is 1. The number of nitrogens with one attached hydrogen (secondary N) is 1. The van der Waals surface area contributed by atoms with Crippen LogP contribution in [-0.2, 0) is 17.9 Å².